The summed E-state index contributed by atoms with van der Waals surface area (Å²) >= 11 is 5.92. The minimum absolute atomic E-state index is 0.117. The molecule has 0 aliphatic carbocycles. The van der Waals surface area contributed by atoms with Gasteiger partial charge in [0, 0.05) is 5.02 Å². The molecule has 1 unspecified atom stereocenters. The Kier molecular flexibility index (Phi) is 4.20. The monoisotopic (exact) mass is 221 g/mol. The Bertz CT molecular complexity index is 395. The van der Waals surface area contributed by atoms with Crippen LogP contribution in [-0.2, 0) is 11.2 Å². The lowest BCUT2D eigenvalue weighted by Crippen LogP contribution is -2.32. The van der Waals surface area contributed by atoms with Gasteiger partial charge in [0.2, 0.25) is 5.91 Å². The lowest BCUT2D eigenvalue weighted by molar-refractivity contribution is -0.120. The maximum absolute atomic E-state index is 11.5. The Labute approximate surface area is 94.6 Å². The summed E-state index contributed by atoms with van der Waals surface area (Å²) < 4.78 is 0. The third-order valence-corrected chi connectivity index (χ3v) is 2.31. The molecule has 1 N–H and O–H groups in total. The van der Waals surface area contributed by atoms with Crippen molar-refractivity contribution in [1.29, 1.82) is 0 Å². The first-order valence-corrected chi connectivity index (χ1v) is 5.00. The molecule has 1 amide bonds. The summed E-state index contributed by atoms with van der Waals surface area (Å²) in [6, 6.07) is 7.00. The number of benzene rings is 1. The fraction of sp³-hybridized carbons (Fsp3) is 0.250. The Morgan fingerprint density at radius 1 is 1.60 bits per heavy atom. The highest BCUT2D eigenvalue weighted by Gasteiger charge is 2.07. The molecule has 0 saturated carbocycles. The van der Waals surface area contributed by atoms with Gasteiger partial charge in [0.1, 0.15) is 0 Å². The second kappa shape index (κ2) is 5.43. The predicted octanol–water partition coefficient (Wildman–Crippen LogP) is 2.02. The van der Waals surface area contributed by atoms with Gasteiger partial charge in [-0.1, -0.05) is 35.7 Å². The first kappa shape index (κ1) is 11.6. The van der Waals surface area contributed by atoms with Gasteiger partial charge in [-0.25, -0.2) is 0 Å². The highest BCUT2D eigenvalue weighted by atomic mass is 35.5. The summed E-state index contributed by atoms with van der Waals surface area (Å²) in [5, 5.41) is 3.27. The van der Waals surface area contributed by atoms with Crippen molar-refractivity contribution in [2.45, 2.75) is 19.4 Å². The number of terminal acetylenes is 1. The van der Waals surface area contributed by atoms with Crippen molar-refractivity contribution in [3.63, 3.8) is 0 Å². The Balaban J connectivity index is 2.60. The number of carbonyl (C=O) groups is 1. The minimum atomic E-state index is -0.250. The number of halogens is 1. The molecule has 1 aromatic rings. The fourth-order valence-corrected chi connectivity index (χ4v) is 1.35. The van der Waals surface area contributed by atoms with Crippen LogP contribution in [0.4, 0.5) is 0 Å². The molecule has 2 nitrogen and oxygen atoms in total. The summed E-state index contributed by atoms with van der Waals surface area (Å²) in [5.41, 5.74) is 0.806. The molecule has 0 fully saturated rings. The molecule has 78 valence electrons. The van der Waals surface area contributed by atoms with Gasteiger partial charge in [0.15, 0.2) is 0 Å². The fourth-order valence-electron chi connectivity index (χ4n) is 1.15. The van der Waals surface area contributed by atoms with Gasteiger partial charge in [-0.2, -0.15) is 0 Å². The lowest BCUT2D eigenvalue weighted by atomic mass is 10.1. The van der Waals surface area contributed by atoms with Crippen LogP contribution < -0.4 is 5.32 Å². The van der Waals surface area contributed by atoms with Crippen LogP contribution in [0.15, 0.2) is 24.3 Å². The predicted molar refractivity (Wildman–Crippen MR) is 61.6 cm³/mol. The first-order valence-electron chi connectivity index (χ1n) is 4.62. The summed E-state index contributed by atoms with van der Waals surface area (Å²) in [6.07, 6.45) is 5.41. The molecular formula is C12H12ClNO. The molecule has 1 aromatic carbocycles. The third-order valence-electron chi connectivity index (χ3n) is 1.94. The zero-order valence-electron chi connectivity index (χ0n) is 8.46. The molecule has 0 radical (unpaired) electrons. The average Bonchev–Trinajstić information content (AvgIpc) is 2.21. The number of carbonyl (C=O) groups excluding carboxylic acids is 1. The number of nitrogens with one attached hydrogen (secondary N) is 1. The quantitative estimate of drug-likeness (QED) is 0.778. The molecule has 0 heterocycles. The van der Waals surface area contributed by atoms with Crippen molar-refractivity contribution in [1.82, 2.24) is 5.32 Å². The van der Waals surface area contributed by atoms with E-state index in [0.717, 1.165) is 5.56 Å². The summed E-state index contributed by atoms with van der Waals surface area (Å²) in [7, 11) is 0. The van der Waals surface area contributed by atoms with Crippen LogP contribution in [0.25, 0.3) is 0 Å². The molecule has 3 heteroatoms. The molecule has 1 atom stereocenters. The van der Waals surface area contributed by atoms with Crippen LogP contribution >= 0.6 is 11.6 Å². The summed E-state index contributed by atoms with van der Waals surface area (Å²) in [5.74, 6) is 2.31. The highest BCUT2D eigenvalue weighted by molar-refractivity contribution is 6.31. The normalized spacial score (nSPS) is 11.5. The van der Waals surface area contributed by atoms with Crippen molar-refractivity contribution >= 4 is 17.5 Å². The molecule has 1 rings (SSSR count). The van der Waals surface area contributed by atoms with Gasteiger partial charge < -0.3 is 5.32 Å². The summed E-state index contributed by atoms with van der Waals surface area (Å²) in [4.78, 5) is 11.5. The number of rotatable bonds is 3. The Hall–Kier alpha value is -1.46. The van der Waals surface area contributed by atoms with Gasteiger partial charge in [-0.3, -0.25) is 4.79 Å². The third kappa shape index (κ3) is 3.65. The molecule has 0 spiro atoms. The van der Waals surface area contributed by atoms with Crippen LogP contribution in [0, 0.1) is 12.3 Å². The maximum Gasteiger partial charge on any atom is 0.225 e. The van der Waals surface area contributed by atoms with Crippen LogP contribution in [-0.4, -0.2) is 11.9 Å². The van der Waals surface area contributed by atoms with Crippen LogP contribution in [0.5, 0.6) is 0 Å². The first-order chi connectivity index (χ1) is 7.13. The summed E-state index contributed by atoms with van der Waals surface area (Å²) in [6.45, 7) is 1.75. The molecular weight excluding hydrogens is 210 g/mol. The number of hydrogen-bond acceptors (Lipinski definition) is 1. The van der Waals surface area contributed by atoms with E-state index in [4.69, 9.17) is 18.0 Å². The van der Waals surface area contributed by atoms with Crippen LogP contribution in [0.1, 0.15) is 12.5 Å². The van der Waals surface area contributed by atoms with E-state index in [1.54, 1.807) is 13.0 Å². The lowest BCUT2D eigenvalue weighted by Gasteiger charge is -2.08. The van der Waals surface area contributed by atoms with E-state index < -0.39 is 0 Å². The smallest absolute Gasteiger partial charge is 0.225 e. The van der Waals surface area contributed by atoms with E-state index >= 15 is 0 Å². The minimum Gasteiger partial charge on any atom is -0.342 e. The van der Waals surface area contributed by atoms with E-state index in [9.17, 15) is 4.79 Å². The molecule has 0 aliphatic heterocycles. The van der Waals surface area contributed by atoms with Gasteiger partial charge in [0.05, 0.1) is 12.5 Å². The van der Waals surface area contributed by atoms with Crippen LogP contribution in [0.2, 0.25) is 5.02 Å². The van der Waals surface area contributed by atoms with E-state index in [1.165, 1.54) is 0 Å². The van der Waals surface area contributed by atoms with Crippen molar-refractivity contribution in [3.05, 3.63) is 34.9 Å². The van der Waals surface area contributed by atoms with E-state index in [2.05, 4.69) is 11.2 Å². The topological polar surface area (TPSA) is 29.1 Å². The molecule has 0 bridgehead atoms. The molecule has 0 aliphatic rings. The molecule has 0 saturated heterocycles. The van der Waals surface area contributed by atoms with Crippen molar-refractivity contribution < 1.29 is 4.79 Å². The van der Waals surface area contributed by atoms with Gasteiger partial charge in [0.25, 0.3) is 0 Å². The van der Waals surface area contributed by atoms with Gasteiger partial charge in [-0.05, 0) is 18.6 Å². The van der Waals surface area contributed by atoms with Crippen LogP contribution in [0.3, 0.4) is 0 Å². The van der Waals surface area contributed by atoms with Gasteiger partial charge in [-0.15, -0.1) is 6.42 Å². The maximum atomic E-state index is 11.5. The number of amides is 1. The molecule has 15 heavy (non-hydrogen) atoms. The van der Waals surface area contributed by atoms with Crippen molar-refractivity contribution in [2.75, 3.05) is 0 Å². The Morgan fingerprint density at radius 3 is 2.87 bits per heavy atom. The van der Waals surface area contributed by atoms with E-state index in [-0.39, 0.29) is 18.4 Å². The van der Waals surface area contributed by atoms with Gasteiger partial charge >= 0.3 is 0 Å². The molecule has 0 aromatic heterocycles. The second-order valence-electron chi connectivity index (χ2n) is 3.22. The zero-order chi connectivity index (χ0) is 11.3. The zero-order valence-corrected chi connectivity index (χ0v) is 9.21. The van der Waals surface area contributed by atoms with E-state index in [1.807, 2.05) is 18.2 Å². The second-order valence-corrected chi connectivity index (χ2v) is 3.63. The number of hydrogen-bond donors (Lipinski definition) is 1. The van der Waals surface area contributed by atoms with Crippen molar-refractivity contribution in [2.24, 2.45) is 0 Å². The highest BCUT2D eigenvalue weighted by Crippen LogP contribution is 2.15. The Morgan fingerprint density at radius 2 is 2.27 bits per heavy atom. The van der Waals surface area contributed by atoms with E-state index in [0.29, 0.717) is 5.02 Å². The largest absolute Gasteiger partial charge is 0.342 e. The SMILES string of the molecule is C#CC(C)NC(=O)Cc1ccccc1Cl. The standard InChI is InChI=1S/C12H12ClNO/c1-3-9(2)14-12(15)8-10-6-4-5-7-11(10)13/h1,4-7,9H,8H2,2H3,(H,14,15). The average molecular weight is 222 g/mol. The van der Waals surface area contributed by atoms with Crippen molar-refractivity contribution in [3.8, 4) is 12.3 Å².